The van der Waals surface area contributed by atoms with Crippen molar-refractivity contribution in [1.82, 2.24) is 4.57 Å². The summed E-state index contributed by atoms with van der Waals surface area (Å²) < 4.78 is 2.53. The van der Waals surface area contributed by atoms with Gasteiger partial charge in [0.05, 0.1) is 0 Å². The highest BCUT2D eigenvalue weighted by molar-refractivity contribution is 6.11. The number of aromatic nitrogens is 1. The Kier molecular flexibility index (Phi) is 7.41. The molecule has 0 amide bonds. The van der Waals surface area contributed by atoms with E-state index in [9.17, 15) is 0 Å². The van der Waals surface area contributed by atoms with Crippen LogP contribution in [-0.4, -0.2) is 4.57 Å². The maximum atomic E-state index is 2.53. The molecule has 1 aromatic heterocycles. The van der Waals surface area contributed by atoms with Crippen LogP contribution < -0.4 is 0 Å². The summed E-state index contributed by atoms with van der Waals surface area (Å²) in [6.07, 6.45) is 5.05. The molecule has 0 bridgehead atoms. The van der Waals surface area contributed by atoms with Crippen molar-refractivity contribution in [2.45, 2.75) is 39.2 Å². The molecule has 0 saturated heterocycles. The van der Waals surface area contributed by atoms with Crippen molar-refractivity contribution in [2.75, 3.05) is 0 Å². The second kappa shape index (κ2) is 11.6. The second-order valence-electron chi connectivity index (χ2n) is 10.3. The number of rotatable bonds is 9. The number of benzene rings is 5. The van der Waals surface area contributed by atoms with E-state index in [1.165, 1.54) is 80.9 Å². The molecule has 0 radical (unpaired) electrons. The molecule has 1 nitrogen and oxygen atoms in total. The van der Waals surface area contributed by atoms with Crippen LogP contribution >= 0.6 is 0 Å². The van der Waals surface area contributed by atoms with Crippen LogP contribution in [0.25, 0.3) is 33.0 Å². The highest BCUT2D eigenvalue weighted by Crippen LogP contribution is 2.39. The van der Waals surface area contributed by atoms with E-state index in [0.29, 0.717) is 0 Å². The first kappa shape index (κ1) is 24.9. The van der Waals surface area contributed by atoms with E-state index in [1.807, 2.05) is 0 Å². The van der Waals surface area contributed by atoms with Crippen LogP contribution in [-0.2, 0) is 6.54 Å². The molecule has 0 aliphatic rings. The van der Waals surface area contributed by atoms with Crippen molar-refractivity contribution in [1.29, 1.82) is 0 Å². The molecule has 0 aliphatic carbocycles. The fourth-order valence-corrected chi connectivity index (χ4v) is 5.87. The summed E-state index contributed by atoms with van der Waals surface area (Å²) in [5, 5.41) is 2.66. The van der Waals surface area contributed by atoms with Gasteiger partial charge < -0.3 is 4.57 Å². The highest BCUT2D eigenvalue weighted by atomic mass is 15.0. The van der Waals surface area contributed by atoms with E-state index in [0.717, 1.165) is 6.54 Å². The Morgan fingerprint density at radius 3 is 1.56 bits per heavy atom. The largest absolute Gasteiger partial charge is 0.340 e. The second-order valence-corrected chi connectivity index (χ2v) is 10.3. The highest BCUT2D eigenvalue weighted by Gasteiger charge is 2.18. The van der Waals surface area contributed by atoms with E-state index in [2.05, 4.69) is 145 Å². The molecular weight excluding hydrogens is 470 g/mol. The van der Waals surface area contributed by atoms with Crippen LogP contribution in [0.15, 0.2) is 133 Å². The van der Waals surface area contributed by atoms with E-state index < -0.39 is 0 Å². The van der Waals surface area contributed by atoms with Gasteiger partial charge in [-0.2, -0.15) is 0 Å². The fraction of sp³-hybridized carbons (Fsp3) is 0.158. The average molecular weight is 506 g/mol. The Morgan fingerprint density at radius 1 is 0.462 bits per heavy atom. The van der Waals surface area contributed by atoms with Gasteiger partial charge in [-0.25, -0.2) is 0 Å². The normalized spacial score (nSPS) is 11.2. The third-order valence-electron chi connectivity index (χ3n) is 7.73. The minimum Gasteiger partial charge on any atom is -0.340 e. The van der Waals surface area contributed by atoms with Gasteiger partial charge in [0.1, 0.15) is 0 Å². The summed E-state index contributed by atoms with van der Waals surface area (Å²) in [4.78, 5) is 0. The van der Waals surface area contributed by atoms with E-state index in [4.69, 9.17) is 0 Å². The summed E-state index contributed by atoms with van der Waals surface area (Å²) in [5.74, 6) is 0. The number of unbranched alkanes of at least 4 members (excludes halogenated alkanes) is 3. The van der Waals surface area contributed by atoms with Gasteiger partial charge in [-0.05, 0) is 58.0 Å². The molecule has 6 rings (SSSR count). The average Bonchev–Trinajstić information content (AvgIpc) is 3.32. The zero-order chi connectivity index (χ0) is 26.4. The Balaban J connectivity index is 1.62. The van der Waals surface area contributed by atoms with E-state index in [-0.39, 0.29) is 0 Å². The minimum absolute atomic E-state index is 1.06. The lowest BCUT2D eigenvalue weighted by Crippen LogP contribution is -1.99. The molecule has 0 atom stereocenters. The van der Waals surface area contributed by atoms with Crippen LogP contribution in [0.4, 0.5) is 0 Å². The van der Waals surface area contributed by atoms with Crippen LogP contribution in [0.2, 0.25) is 0 Å². The van der Waals surface area contributed by atoms with Crippen molar-refractivity contribution in [3.63, 3.8) is 0 Å². The van der Waals surface area contributed by atoms with Crippen molar-refractivity contribution in [2.24, 2.45) is 0 Å². The smallest absolute Gasteiger partial charge is 0.0491 e. The summed E-state index contributed by atoms with van der Waals surface area (Å²) in [7, 11) is 0. The van der Waals surface area contributed by atoms with E-state index in [1.54, 1.807) is 0 Å². The predicted octanol–water partition coefficient (Wildman–Crippen LogP) is 10.4. The van der Waals surface area contributed by atoms with Gasteiger partial charge >= 0.3 is 0 Å². The number of nitrogens with zero attached hydrogens (tertiary/aromatic N) is 1. The maximum absolute atomic E-state index is 2.53. The molecular formula is C38H35N. The molecule has 1 heterocycles. The Bertz CT molecular complexity index is 1670. The lowest BCUT2D eigenvalue weighted by atomic mass is 9.85. The third-order valence-corrected chi connectivity index (χ3v) is 7.73. The van der Waals surface area contributed by atoms with Crippen LogP contribution in [0, 0.1) is 0 Å². The van der Waals surface area contributed by atoms with E-state index >= 15 is 0 Å². The van der Waals surface area contributed by atoms with Crippen LogP contribution in [0.1, 0.15) is 54.9 Å². The van der Waals surface area contributed by atoms with Gasteiger partial charge in [-0.15, -0.1) is 0 Å². The van der Waals surface area contributed by atoms with Gasteiger partial charge in [0.15, 0.2) is 0 Å². The molecule has 6 aromatic rings. The Hall–Kier alpha value is -4.36. The van der Waals surface area contributed by atoms with Gasteiger partial charge in [0.2, 0.25) is 0 Å². The molecule has 0 saturated carbocycles. The van der Waals surface area contributed by atoms with Crippen molar-refractivity contribution in [3.05, 3.63) is 156 Å². The van der Waals surface area contributed by atoms with Gasteiger partial charge in [0.25, 0.3) is 0 Å². The topological polar surface area (TPSA) is 4.93 Å². The maximum Gasteiger partial charge on any atom is 0.0491 e. The summed E-state index contributed by atoms with van der Waals surface area (Å²) in [6.45, 7) is 3.34. The quantitative estimate of drug-likeness (QED) is 0.136. The van der Waals surface area contributed by atoms with Crippen molar-refractivity contribution < 1.29 is 0 Å². The summed E-state index contributed by atoms with van der Waals surface area (Å²) in [6, 6.07) is 48.5. The monoisotopic (exact) mass is 505 g/mol. The van der Waals surface area contributed by atoms with Crippen LogP contribution in [0.5, 0.6) is 0 Å². The number of hydrogen-bond acceptors (Lipinski definition) is 0. The van der Waals surface area contributed by atoms with Gasteiger partial charge in [-0.1, -0.05) is 141 Å². The van der Waals surface area contributed by atoms with Crippen molar-refractivity contribution >= 4 is 33.0 Å². The third kappa shape index (κ3) is 5.05. The molecule has 1 heteroatoms. The summed E-state index contributed by atoms with van der Waals surface area (Å²) >= 11 is 0. The van der Waals surface area contributed by atoms with Gasteiger partial charge in [0, 0.05) is 28.4 Å². The SMILES string of the molecule is CCCCCCn1c2ccccc2c2cc(C(=C(c3ccccc3)c3ccccc3)c3ccccc3)ccc21. The Labute approximate surface area is 232 Å². The lowest BCUT2D eigenvalue weighted by Gasteiger charge is -2.18. The zero-order valence-electron chi connectivity index (χ0n) is 22.7. The Morgan fingerprint density at radius 2 is 0.974 bits per heavy atom. The molecule has 0 spiro atoms. The molecule has 0 unspecified atom stereocenters. The number of fused-ring (bicyclic) bond motifs is 3. The first-order valence-electron chi connectivity index (χ1n) is 14.3. The standard InChI is InChI=1S/C38H35N/c1-2-3-4-16-27-39-35-24-15-14-23-33(35)34-28-32(25-26-36(34)39)38(31-21-12-7-13-22-31)37(29-17-8-5-9-18-29)30-19-10-6-11-20-30/h5-15,17-26,28H,2-4,16,27H2,1H3. The van der Waals surface area contributed by atoms with Crippen molar-refractivity contribution in [3.8, 4) is 0 Å². The first-order chi connectivity index (χ1) is 19.3. The molecule has 39 heavy (non-hydrogen) atoms. The van der Waals surface area contributed by atoms with Crippen LogP contribution in [0.3, 0.4) is 0 Å². The number of aryl methyl sites for hydroxylation is 1. The molecule has 5 aromatic carbocycles. The first-order valence-corrected chi connectivity index (χ1v) is 14.3. The summed E-state index contributed by atoms with van der Waals surface area (Å²) in [5.41, 5.74) is 10.1. The minimum atomic E-state index is 1.06. The van der Waals surface area contributed by atoms with Gasteiger partial charge in [-0.3, -0.25) is 0 Å². The molecule has 192 valence electrons. The lowest BCUT2D eigenvalue weighted by molar-refractivity contribution is 0.602. The molecule has 0 aliphatic heterocycles. The molecule has 0 fully saturated rings. The molecule has 0 N–H and O–H groups in total. The number of hydrogen-bond donors (Lipinski definition) is 0. The fourth-order valence-electron chi connectivity index (χ4n) is 5.87. The zero-order valence-corrected chi connectivity index (χ0v) is 22.7. The number of para-hydroxylation sites is 1. The predicted molar refractivity (Wildman–Crippen MR) is 168 cm³/mol.